The number of benzene rings is 2. The van der Waals surface area contributed by atoms with E-state index in [1.54, 1.807) is 18.2 Å². The van der Waals surface area contributed by atoms with E-state index in [1.807, 2.05) is 30.3 Å². The molecule has 0 unspecified atom stereocenters. The number of carbonyl (C=O) groups excluding carboxylic acids is 1. The van der Waals surface area contributed by atoms with Gasteiger partial charge in [0.15, 0.2) is 5.78 Å². The molecule has 17 heavy (non-hydrogen) atoms. The molecule has 0 aromatic heterocycles. The summed E-state index contributed by atoms with van der Waals surface area (Å²) in [5.41, 5.74) is 8.69. The van der Waals surface area contributed by atoms with Crippen molar-refractivity contribution in [1.29, 1.82) is 0 Å². The van der Waals surface area contributed by atoms with Crippen LogP contribution in [0.25, 0.3) is 0 Å². The Balaban J connectivity index is 2.45. The van der Waals surface area contributed by atoms with Crippen LogP contribution in [0.4, 0.5) is 5.69 Å². The Morgan fingerprint density at radius 2 is 1.76 bits per heavy atom. The lowest BCUT2D eigenvalue weighted by atomic mass is 9.99. The zero-order chi connectivity index (χ0) is 12.3. The minimum absolute atomic E-state index is 0.0362. The van der Waals surface area contributed by atoms with E-state index in [0.29, 0.717) is 22.1 Å². The molecule has 0 aliphatic carbocycles. The molecule has 0 saturated carbocycles. The third kappa shape index (κ3) is 2.39. The Hall–Kier alpha value is -1.61. The molecule has 0 bridgehead atoms. The van der Waals surface area contributed by atoms with E-state index in [1.165, 1.54) is 0 Å². The van der Waals surface area contributed by atoms with Crippen molar-refractivity contribution in [3.05, 3.63) is 65.2 Å². The molecule has 2 aromatic rings. The zero-order valence-corrected chi connectivity index (χ0v) is 10.8. The van der Waals surface area contributed by atoms with Crippen molar-refractivity contribution < 1.29 is 4.79 Å². The van der Waals surface area contributed by atoms with Gasteiger partial charge >= 0.3 is 0 Å². The van der Waals surface area contributed by atoms with Gasteiger partial charge < -0.3 is 5.73 Å². The minimum atomic E-state index is -0.0362. The molecule has 0 saturated heterocycles. The maximum Gasteiger partial charge on any atom is 0.195 e. The molecule has 3 heteroatoms. The number of alkyl halides is 1. The molecule has 2 rings (SSSR count). The van der Waals surface area contributed by atoms with Crippen LogP contribution in [0.15, 0.2) is 48.5 Å². The van der Waals surface area contributed by atoms with E-state index >= 15 is 0 Å². The van der Waals surface area contributed by atoms with Crippen LogP contribution in [0.2, 0.25) is 0 Å². The van der Waals surface area contributed by atoms with Gasteiger partial charge in [0.25, 0.3) is 0 Å². The molecule has 0 spiro atoms. The number of ketones is 1. The fourth-order valence-electron chi connectivity index (χ4n) is 1.67. The van der Waals surface area contributed by atoms with Gasteiger partial charge in [-0.2, -0.15) is 0 Å². The van der Waals surface area contributed by atoms with Gasteiger partial charge in [-0.15, -0.1) is 0 Å². The van der Waals surface area contributed by atoms with E-state index in [-0.39, 0.29) is 5.78 Å². The Bertz CT molecular complexity index is 537. The van der Waals surface area contributed by atoms with Crippen LogP contribution in [0.1, 0.15) is 21.5 Å². The molecule has 2 nitrogen and oxygen atoms in total. The van der Waals surface area contributed by atoms with Crippen molar-refractivity contribution in [3.63, 3.8) is 0 Å². The van der Waals surface area contributed by atoms with Crippen LogP contribution in [-0.2, 0) is 5.33 Å². The molecule has 0 radical (unpaired) electrons. The average molecular weight is 290 g/mol. The molecule has 0 heterocycles. The first-order valence-electron chi connectivity index (χ1n) is 5.27. The summed E-state index contributed by atoms with van der Waals surface area (Å²) >= 11 is 3.36. The van der Waals surface area contributed by atoms with Gasteiger partial charge in [-0.05, 0) is 11.6 Å². The van der Waals surface area contributed by atoms with Gasteiger partial charge in [-0.1, -0.05) is 58.4 Å². The highest BCUT2D eigenvalue weighted by Gasteiger charge is 2.13. The second kappa shape index (κ2) is 5.15. The summed E-state index contributed by atoms with van der Waals surface area (Å²) in [6.07, 6.45) is 0. The van der Waals surface area contributed by atoms with Crippen molar-refractivity contribution in [2.24, 2.45) is 0 Å². The van der Waals surface area contributed by atoms with Gasteiger partial charge in [0.05, 0.1) is 0 Å². The van der Waals surface area contributed by atoms with Crippen LogP contribution < -0.4 is 5.73 Å². The molecule has 0 aliphatic heterocycles. The fraction of sp³-hybridized carbons (Fsp3) is 0.0714. The maximum absolute atomic E-state index is 12.2. The molecule has 86 valence electrons. The van der Waals surface area contributed by atoms with Crippen molar-refractivity contribution in [2.75, 3.05) is 5.73 Å². The van der Waals surface area contributed by atoms with Gasteiger partial charge in [-0.25, -0.2) is 0 Å². The Morgan fingerprint density at radius 3 is 2.41 bits per heavy atom. The van der Waals surface area contributed by atoms with Crippen molar-refractivity contribution >= 4 is 27.4 Å². The molecular weight excluding hydrogens is 278 g/mol. The number of nitrogens with two attached hydrogens (primary N) is 1. The number of anilines is 1. The standard InChI is InChI=1S/C14H12BrNO/c15-9-11-7-4-8-12(13(11)16)14(17)10-5-2-1-3-6-10/h1-8H,9,16H2. The lowest BCUT2D eigenvalue weighted by Gasteiger charge is -2.08. The van der Waals surface area contributed by atoms with Crippen molar-refractivity contribution in [2.45, 2.75) is 5.33 Å². The van der Waals surface area contributed by atoms with Crippen molar-refractivity contribution in [3.8, 4) is 0 Å². The molecule has 0 fully saturated rings. The van der Waals surface area contributed by atoms with E-state index in [9.17, 15) is 4.79 Å². The first kappa shape index (κ1) is 11.9. The Morgan fingerprint density at radius 1 is 1.06 bits per heavy atom. The van der Waals surface area contributed by atoms with Crippen LogP contribution >= 0.6 is 15.9 Å². The number of hydrogen-bond donors (Lipinski definition) is 1. The smallest absolute Gasteiger partial charge is 0.195 e. The monoisotopic (exact) mass is 289 g/mol. The molecule has 0 aliphatic rings. The number of carbonyl (C=O) groups is 1. The van der Waals surface area contributed by atoms with Crippen molar-refractivity contribution in [1.82, 2.24) is 0 Å². The first-order valence-corrected chi connectivity index (χ1v) is 6.39. The molecular formula is C14H12BrNO. The first-order chi connectivity index (χ1) is 8.24. The van der Waals surface area contributed by atoms with Gasteiger partial charge in [-0.3, -0.25) is 4.79 Å². The Labute approximate surface area is 109 Å². The summed E-state index contributed by atoms with van der Waals surface area (Å²) in [5.74, 6) is -0.0362. The van der Waals surface area contributed by atoms with E-state index in [0.717, 1.165) is 5.56 Å². The largest absolute Gasteiger partial charge is 0.398 e. The highest BCUT2D eigenvalue weighted by molar-refractivity contribution is 9.08. The quantitative estimate of drug-likeness (QED) is 0.535. The van der Waals surface area contributed by atoms with Gasteiger partial charge in [0.2, 0.25) is 0 Å². The highest BCUT2D eigenvalue weighted by Crippen LogP contribution is 2.22. The summed E-state index contributed by atoms with van der Waals surface area (Å²) in [4.78, 5) is 12.2. The predicted octanol–water partition coefficient (Wildman–Crippen LogP) is 3.39. The third-order valence-electron chi connectivity index (χ3n) is 2.62. The summed E-state index contributed by atoms with van der Waals surface area (Å²) in [5, 5.41) is 0.648. The van der Waals surface area contributed by atoms with Crippen LogP contribution in [0, 0.1) is 0 Å². The lowest BCUT2D eigenvalue weighted by molar-refractivity contribution is 0.103. The number of halogens is 1. The molecule has 0 atom stereocenters. The number of rotatable bonds is 3. The topological polar surface area (TPSA) is 43.1 Å². The highest BCUT2D eigenvalue weighted by atomic mass is 79.9. The van der Waals surface area contributed by atoms with Crippen LogP contribution in [0.3, 0.4) is 0 Å². The number of para-hydroxylation sites is 1. The van der Waals surface area contributed by atoms with Gasteiger partial charge in [0.1, 0.15) is 0 Å². The SMILES string of the molecule is Nc1c(CBr)cccc1C(=O)c1ccccc1. The van der Waals surface area contributed by atoms with E-state index in [2.05, 4.69) is 15.9 Å². The molecule has 2 N–H and O–H groups in total. The second-order valence-corrected chi connectivity index (χ2v) is 4.27. The summed E-state index contributed by atoms with van der Waals surface area (Å²) in [7, 11) is 0. The van der Waals surface area contributed by atoms with E-state index in [4.69, 9.17) is 5.73 Å². The van der Waals surface area contributed by atoms with Crippen LogP contribution in [0.5, 0.6) is 0 Å². The summed E-state index contributed by atoms with van der Waals surface area (Å²) in [6, 6.07) is 14.7. The minimum Gasteiger partial charge on any atom is -0.398 e. The van der Waals surface area contributed by atoms with Gasteiger partial charge in [0, 0.05) is 22.1 Å². The van der Waals surface area contributed by atoms with Crippen LogP contribution in [-0.4, -0.2) is 5.78 Å². The molecule has 0 amide bonds. The molecule has 2 aromatic carbocycles. The number of nitrogen functional groups attached to an aromatic ring is 1. The summed E-state index contributed by atoms with van der Waals surface area (Å²) in [6.45, 7) is 0. The zero-order valence-electron chi connectivity index (χ0n) is 9.19. The number of hydrogen-bond acceptors (Lipinski definition) is 2. The Kier molecular flexibility index (Phi) is 3.59. The third-order valence-corrected chi connectivity index (χ3v) is 3.23. The normalized spacial score (nSPS) is 10.2. The maximum atomic E-state index is 12.2. The fourth-order valence-corrected chi connectivity index (χ4v) is 2.16. The second-order valence-electron chi connectivity index (χ2n) is 3.71. The predicted molar refractivity (Wildman–Crippen MR) is 73.4 cm³/mol. The van der Waals surface area contributed by atoms with E-state index < -0.39 is 0 Å². The lowest BCUT2D eigenvalue weighted by Crippen LogP contribution is -2.06. The summed E-state index contributed by atoms with van der Waals surface area (Å²) < 4.78 is 0. The average Bonchev–Trinajstić information content (AvgIpc) is 2.39.